The number of anilines is 1. The number of nitrogens with one attached hydrogen (secondary N) is 2. The molecule has 2 atom stereocenters. The van der Waals surface area contributed by atoms with E-state index in [0.29, 0.717) is 15.2 Å². The predicted octanol–water partition coefficient (Wildman–Crippen LogP) is 4.22. The van der Waals surface area contributed by atoms with E-state index in [0.717, 1.165) is 16.8 Å². The first kappa shape index (κ1) is 16.6. The first-order valence-electron chi connectivity index (χ1n) is 7.60. The molecule has 0 spiro atoms. The number of nitrogens with zero attached hydrogens (tertiary/aromatic N) is 2. The SMILES string of the molecule is CSC1=NN2C(c3ccc(Cl)cc3Cl)Nc3ccccc3C2C(=O)N1. The third-order valence-electron chi connectivity index (χ3n) is 4.21. The Balaban J connectivity index is 1.88. The van der Waals surface area contributed by atoms with Gasteiger partial charge in [0.15, 0.2) is 11.2 Å². The highest BCUT2D eigenvalue weighted by molar-refractivity contribution is 8.13. The monoisotopic (exact) mass is 392 g/mol. The Kier molecular flexibility index (Phi) is 4.27. The van der Waals surface area contributed by atoms with Gasteiger partial charge in [-0.05, 0) is 24.5 Å². The molecule has 0 aliphatic carbocycles. The molecule has 2 aromatic carbocycles. The molecule has 2 aliphatic heterocycles. The van der Waals surface area contributed by atoms with Crippen LogP contribution in [-0.4, -0.2) is 22.3 Å². The maximum Gasteiger partial charge on any atom is 0.255 e. The smallest absolute Gasteiger partial charge is 0.255 e. The number of amidine groups is 1. The maximum atomic E-state index is 12.7. The summed E-state index contributed by atoms with van der Waals surface area (Å²) in [5, 5.41) is 14.3. The number of thioether (sulfide) groups is 1. The minimum Gasteiger partial charge on any atom is -0.360 e. The standard InChI is InChI=1S/C17H14Cl2N4OS/c1-25-17-21-16(24)14-11-4-2-3-5-13(11)20-15(23(14)22-17)10-7-6-9(18)8-12(10)19/h2-8,14-15,20H,1H3,(H,21,22,24). The zero-order valence-electron chi connectivity index (χ0n) is 13.2. The van der Waals surface area contributed by atoms with Gasteiger partial charge < -0.3 is 10.6 Å². The van der Waals surface area contributed by atoms with Crippen LogP contribution in [0.3, 0.4) is 0 Å². The van der Waals surface area contributed by atoms with Crippen LogP contribution in [-0.2, 0) is 4.79 Å². The largest absolute Gasteiger partial charge is 0.360 e. The summed E-state index contributed by atoms with van der Waals surface area (Å²) in [6, 6.07) is 12.5. The number of halogens is 2. The van der Waals surface area contributed by atoms with Crippen LogP contribution in [0.2, 0.25) is 10.0 Å². The molecular weight excluding hydrogens is 379 g/mol. The van der Waals surface area contributed by atoms with Gasteiger partial charge in [-0.15, -0.1) is 5.10 Å². The molecule has 2 N–H and O–H groups in total. The van der Waals surface area contributed by atoms with E-state index in [-0.39, 0.29) is 12.1 Å². The Morgan fingerprint density at radius 3 is 2.72 bits per heavy atom. The molecule has 0 saturated carbocycles. The van der Waals surface area contributed by atoms with E-state index in [1.54, 1.807) is 17.1 Å². The van der Waals surface area contributed by atoms with Crippen LogP contribution in [0.5, 0.6) is 0 Å². The van der Waals surface area contributed by atoms with Gasteiger partial charge in [0.2, 0.25) is 0 Å². The Morgan fingerprint density at radius 1 is 1.16 bits per heavy atom. The molecule has 0 aromatic heterocycles. The van der Waals surface area contributed by atoms with Crippen LogP contribution in [0.4, 0.5) is 5.69 Å². The summed E-state index contributed by atoms with van der Waals surface area (Å²) >= 11 is 13.8. The zero-order valence-corrected chi connectivity index (χ0v) is 15.5. The van der Waals surface area contributed by atoms with Crippen molar-refractivity contribution >= 4 is 51.7 Å². The number of rotatable bonds is 1. The van der Waals surface area contributed by atoms with Crippen molar-refractivity contribution in [3.8, 4) is 0 Å². The summed E-state index contributed by atoms with van der Waals surface area (Å²) in [5.74, 6) is -0.108. The van der Waals surface area contributed by atoms with Crippen LogP contribution in [0.15, 0.2) is 47.6 Å². The topological polar surface area (TPSA) is 56.7 Å². The summed E-state index contributed by atoms with van der Waals surface area (Å²) in [4.78, 5) is 12.7. The van der Waals surface area contributed by atoms with Crippen molar-refractivity contribution in [2.75, 3.05) is 11.6 Å². The van der Waals surface area contributed by atoms with Crippen LogP contribution >= 0.6 is 35.0 Å². The Hall–Kier alpha value is -1.89. The fourth-order valence-corrected chi connectivity index (χ4v) is 3.98. The molecule has 2 aromatic rings. The number of benzene rings is 2. The number of fused-ring (bicyclic) bond motifs is 3. The van der Waals surface area contributed by atoms with Crippen molar-refractivity contribution in [2.45, 2.75) is 12.2 Å². The van der Waals surface area contributed by atoms with Crippen LogP contribution < -0.4 is 10.6 Å². The second-order valence-electron chi connectivity index (χ2n) is 5.68. The lowest BCUT2D eigenvalue weighted by atomic mass is 9.97. The zero-order chi connectivity index (χ0) is 17.6. The molecule has 0 radical (unpaired) electrons. The number of hydrogen-bond donors (Lipinski definition) is 2. The van der Waals surface area contributed by atoms with Crippen molar-refractivity contribution < 1.29 is 4.79 Å². The molecule has 0 saturated heterocycles. The molecule has 4 rings (SSSR count). The van der Waals surface area contributed by atoms with Gasteiger partial charge in [-0.2, -0.15) is 0 Å². The number of carbonyl (C=O) groups is 1. The van der Waals surface area contributed by atoms with E-state index in [2.05, 4.69) is 15.7 Å². The average molecular weight is 393 g/mol. The van der Waals surface area contributed by atoms with Gasteiger partial charge in [-0.25, -0.2) is 0 Å². The van der Waals surface area contributed by atoms with Crippen molar-refractivity contribution in [2.24, 2.45) is 5.10 Å². The summed E-state index contributed by atoms with van der Waals surface area (Å²) in [7, 11) is 0. The van der Waals surface area contributed by atoms with Gasteiger partial charge in [0.1, 0.15) is 6.17 Å². The van der Waals surface area contributed by atoms with E-state index in [1.807, 2.05) is 36.6 Å². The minimum absolute atomic E-state index is 0.108. The van der Waals surface area contributed by atoms with Crippen molar-refractivity contribution in [1.82, 2.24) is 10.3 Å². The number of para-hydroxylation sites is 1. The third kappa shape index (κ3) is 2.84. The molecule has 0 bridgehead atoms. The van der Waals surface area contributed by atoms with E-state index in [1.165, 1.54) is 11.8 Å². The van der Waals surface area contributed by atoms with E-state index >= 15 is 0 Å². The summed E-state index contributed by atoms with van der Waals surface area (Å²) < 4.78 is 0. The molecule has 25 heavy (non-hydrogen) atoms. The number of hydrogen-bond acceptors (Lipinski definition) is 5. The highest BCUT2D eigenvalue weighted by atomic mass is 35.5. The van der Waals surface area contributed by atoms with Crippen LogP contribution in [0, 0.1) is 0 Å². The number of amides is 1. The van der Waals surface area contributed by atoms with Crippen molar-refractivity contribution in [1.29, 1.82) is 0 Å². The number of carbonyl (C=O) groups excluding carboxylic acids is 1. The van der Waals surface area contributed by atoms with E-state index in [4.69, 9.17) is 23.2 Å². The molecule has 2 heterocycles. The molecule has 8 heteroatoms. The highest BCUT2D eigenvalue weighted by Crippen LogP contribution is 2.44. The van der Waals surface area contributed by atoms with E-state index in [9.17, 15) is 4.79 Å². The molecular formula is C17H14Cl2N4OS. The lowest BCUT2D eigenvalue weighted by Crippen LogP contribution is -2.50. The Labute approximate surface area is 159 Å². The maximum absolute atomic E-state index is 12.7. The average Bonchev–Trinajstić information content (AvgIpc) is 2.61. The van der Waals surface area contributed by atoms with Gasteiger partial charge in [0.25, 0.3) is 5.91 Å². The van der Waals surface area contributed by atoms with Gasteiger partial charge in [0, 0.05) is 26.9 Å². The lowest BCUT2D eigenvalue weighted by Gasteiger charge is -2.43. The second-order valence-corrected chi connectivity index (χ2v) is 7.32. The minimum atomic E-state index is -0.523. The van der Waals surface area contributed by atoms with Gasteiger partial charge in [-0.3, -0.25) is 9.80 Å². The van der Waals surface area contributed by atoms with Gasteiger partial charge in [0.05, 0.1) is 0 Å². The molecule has 2 unspecified atom stereocenters. The molecule has 0 fully saturated rings. The molecule has 1 amide bonds. The third-order valence-corrected chi connectivity index (χ3v) is 5.34. The Morgan fingerprint density at radius 2 is 1.96 bits per heavy atom. The first-order chi connectivity index (χ1) is 12.1. The fraction of sp³-hybridized carbons (Fsp3) is 0.176. The normalized spacial score (nSPS) is 21.6. The number of hydrazone groups is 1. The summed E-state index contributed by atoms with van der Waals surface area (Å²) in [5.41, 5.74) is 2.58. The van der Waals surface area contributed by atoms with Crippen LogP contribution in [0.1, 0.15) is 23.3 Å². The fourth-order valence-electron chi connectivity index (χ4n) is 3.09. The highest BCUT2D eigenvalue weighted by Gasteiger charge is 2.42. The van der Waals surface area contributed by atoms with Gasteiger partial charge >= 0.3 is 0 Å². The van der Waals surface area contributed by atoms with E-state index < -0.39 is 6.04 Å². The summed E-state index contributed by atoms with van der Waals surface area (Å²) in [6.45, 7) is 0. The molecule has 2 aliphatic rings. The summed E-state index contributed by atoms with van der Waals surface area (Å²) in [6.07, 6.45) is 1.49. The van der Waals surface area contributed by atoms with Gasteiger partial charge in [-0.1, -0.05) is 59.2 Å². The Bertz CT molecular complexity index is 889. The second kappa shape index (κ2) is 6.44. The van der Waals surface area contributed by atoms with Crippen LogP contribution in [0.25, 0.3) is 0 Å². The molecule has 128 valence electrons. The quantitative estimate of drug-likeness (QED) is 0.762. The van der Waals surface area contributed by atoms with Crippen molar-refractivity contribution in [3.63, 3.8) is 0 Å². The lowest BCUT2D eigenvalue weighted by molar-refractivity contribution is -0.127. The molecule has 5 nitrogen and oxygen atoms in total. The predicted molar refractivity (Wildman–Crippen MR) is 103 cm³/mol. The first-order valence-corrected chi connectivity index (χ1v) is 9.59. The van der Waals surface area contributed by atoms with Crippen molar-refractivity contribution in [3.05, 3.63) is 63.6 Å².